The van der Waals surface area contributed by atoms with Crippen molar-refractivity contribution in [1.82, 2.24) is 14.7 Å². The first-order chi connectivity index (χ1) is 7.71. The normalized spacial score (nSPS) is 30.6. The summed E-state index contributed by atoms with van der Waals surface area (Å²) < 4.78 is 12.7. The number of likely N-dealkylation sites (tertiary alicyclic amines) is 1. The molecule has 16 heavy (non-hydrogen) atoms. The Bertz CT molecular complexity index is 388. The second-order valence-corrected chi connectivity index (χ2v) is 4.48. The van der Waals surface area contributed by atoms with Gasteiger partial charge in [-0.2, -0.15) is 5.10 Å². The molecule has 6 nitrogen and oxygen atoms in total. The first-order valence-corrected chi connectivity index (χ1v) is 5.43. The number of aromatic nitrogens is 2. The molecule has 1 saturated heterocycles. The van der Waals surface area contributed by atoms with Crippen LogP contribution in [0.25, 0.3) is 0 Å². The molecule has 1 aromatic rings. The van der Waals surface area contributed by atoms with Crippen LogP contribution < -0.4 is 10.5 Å². The summed E-state index contributed by atoms with van der Waals surface area (Å²) in [7, 11) is 1.73. The molecule has 3 heterocycles. The van der Waals surface area contributed by atoms with Gasteiger partial charge >= 0.3 is 0 Å². The lowest BCUT2D eigenvalue weighted by Gasteiger charge is -2.50. The van der Waals surface area contributed by atoms with E-state index in [0.717, 1.165) is 19.0 Å². The topological polar surface area (TPSA) is 65.5 Å². The zero-order valence-electron chi connectivity index (χ0n) is 9.30. The van der Waals surface area contributed by atoms with E-state index in [9.17, 15) is 0 Å². The van der Waals surface area contributed by atoms with E-state index in [4.69, 9.17) is 15.2 Å². The van der Waals surface area contributed by atoms with E-state index >= 15 is 0 Å². The molecule has 0 aliphatic carbocycles. The fourth-order valence-corrected chi connectivity index (χ4v) is 2.21. The van der Waals surface area contributed by atoms with Crippen LogP contribution in [0.3, 0.4) is 0 Å². The Hall–Kier alpha value is -1.11. The predicted molar refractivity (Wildman–Crippen MR) is 57.0 cm³/mol. The molecule has 1 fully saturated rings. The molecule has 0 aromatic carbocycles. The van der Waals surface area contributed by atoms with Crippen LogP contribution in [-0.2, 0) is 11.3 Å². The van der Waals surface area contributed by atoms with Gasteiger partial charge < -0.3 is 15.2 Å². The SMILES string of the molecule is COC1CN([C@]2(N)COc3ccnn3C2)C1. The average Bonchev–Trinajstić information content (AvgIpc) is 2.62. The zero-order valence-corrected chi connectivity index (χ0v) is 9.30. The highest BCUT2D eigenvalue weighted by Gasteiger charge is 2.44. The third-order valence-corrected chi connectivity index (χ3v) is 3.38. The molecular formula is C10H16N4O2. The standard InChI is InChI=1S/C10H16N4O2/c1-15-8-4-13(5-8)10(11)6-14-9(16-7-10)2-3-12-14/h2-3,8H,4-7,11H2,1H3/t10-/m0/s1. The highest BCUT2D eigenvalue weighted by molar-refractivity contribution is 5.12. The van der Waals surface area contributed by atoms with Crippen molar-refractivity contribution in [3.63, 3.8) is 0 Å². The molecule has 6 heteroatoms. The molecule has 0 saturated carbocycles. The average molecular weight is 224 g/mol. The third kappa shape index (κ3) is 1.41. The summed E-state index contributed by atoms with van der Waals surface area (Å²) >= 11 is 0. The zero-order chi connectivity index (χ0) is 11.2. The Morgan fingerprint density at radius 3 is 3.19 bits per heavy atom. The van der Waals surface area contributed by atoms with Gasteiger partial charge in [0, 0.05) is 26.3 Å². The van der Waals surface area contributed by atoms with E-state index in [0.29, 0.717) is 19.3 Å². The largest absolute Gasteiger partial charge is 0.474 e. The van der Waals surface area contributed by atoms with Crippen molar-refractivity contribution in [1.29, 1.82) is 0 Å². The smallest absolute Gasteiger partial charge is 0.211 e. The number of nitrogens with zero attached hydrogens (tertiary/aromatic N) is 3. The summed E-state index contributed by atoms with van der Waals surface area (Å²) in [5.41, 5.74) is 5.89. The molecular weight excluding hydrogens is 208 g/mol. The van der Waals surface area contributed by atoms with Crippen LogP contribution in [0.2, 0.25) is 0 Å². The van der Waals surface area contributed by atoms with E-state index in [1.165, 1.54) is 0 Å². The Balaban J connectivity index is 1.72. The maximum atomic E-state index is 6.34. The molecule has 0 bridgehead atoms. The Kier molecular flexibility index (Phi) is 2.17. The van der Waals surface area contributed by atoms with Crippen molar-refractivity contribution in [2.24, 2.45) is 5.73 Å². The summed E-state index contributed by atoms with van der Waals surface area (Å²) in [6, 6.07) is 1.85. The number of rotatable bonds is 2. The van der Waals surface area contributed by atoms with E-state index in [1.807, 2.05) is 10.7 Å². The molecule has 3 rings (SSSR count). The lowest BCUT2D eigenvalue weighted by atomic mass is 10.0. The number of ether oxygens (including phenoxy) is 2. The minimum absolute atomic E-state index is 0.305. The first-order valence-electron chi connectivity index (χ1n) is 5.43. The number of hydrogen-bond acceptors (Lipinski definition) is 5. The van der Waals surface area contributed by atoms with Crippen LogP contribution in [0, 0.1) is 0 Å². The highest BCUT2D eigenvalue weighted by atomic mass is 16.5. The van der Waals surface area contributed by atoms with Crippen molar-refractivity contribution in [3.05, 3.63) is 12.3 Å². The molecule has 2 aliphatic heterocycles. The molecule has 0 amide bonds. The third-order valence-electron chi connectivity index (χ3n) is 3.38. The van der Waals surface area contributed by atoms with E-state index in [2.05, 4.69) is 10.00 Å². The lowest BCUT2D eigenvalue weighted by Crippen LogP contribution is -2.71. The lowest BCUT2D eigenvalue weighted by molar-refractivity contribution is -0.111. The van der Waals surface area contributed by atoms with Crippen molar-refractivity contribution in [2.45, 2.75) is 18.3 Å². The van der Waals surface area contributed by atoms with E-state index in [-0.39, 0.29) is 0 Å². The second-order valence-electron chi connectivity index (χ2n) is 4.48. The summed E-state index contributed by atoms with van der Waals surface area (Å²) in [6.07, 6.45) is 2.04. The maximum Gasteiger partial charge on any atom is 0.211 e. The van der Waals surface area contributed by atoms with Crippen LogP contribution in [0.5, 0.6) is 5.88 Å². The van der Waals surface area contributed by atoms with Crippen molar-refractivity contribution >= 4 is 0 Å². The molecule has 1 aromatic heterocycles. The minimum atomic E-state index is -0.450. The van der Waals surface area contributed by atoms with Crippen molar-refractivity contribution < 1.29 is 9.47 Å². The van der Waals surface area contributed by atoms with Gasteiger partial charge in [0.15, 0.2) is 0 Å². The number of nitrogens with two attached hydrogens (primary N) is 1. The van der Waals surface area contributed by atoms with Crippen LogP contribution in [0.1, 0.15) is 0 Å². The van der Waals surface area contributed by atoms with Crippen LogP contribution in [-0.4, -0.2) is 53.3 Å². The van der Waals surface area contributed by atoms with Gasteiger partial charge in [0.1, 0.15) is 12.3 Å². The van der Waals surface area contributed by atoms with Gasteiger partial charge in [-0.1, -0.05) is 0 Å². The van der Waals surface area contributed by atoms with Gasteiger partial charge in [0.25, 0.3) is 0 Å². The molecule has 0 spiro atoms. The Morgan fingerprint density at radius 1 is 1.62 bits per heavy atom. The summed E-state index contributed by atoms with van der Waals surface area (Å²) in [5, 5.41) is 4.19. The molecule has 0 radical (unpaired) electrons. The highest BCUT2D eigenvalue weighted by Crippen LogP contribution is 2.27. The fraction of sp³-hybridized carbons (Fsp3) is 0.700. The fourth-order valence-electron chi connectivity index (χ4n) is 2.21. The minimum Gasteiger partial charge on any atom is -0.474 e. The molecule has 0 unspecified atom stereocenters. The predicted octanol–water partition coefficient (Wildman–Crippen LogP) is -0.739. The van der Waals surface area contributed by atoms with Gasteiger partial charge in [0.2, 0.25) is 5.88 Å². The maximum absolute atomic E-state index is 6.34. The summed E-state index contributed by atoms with van der Waals surface area (Å²) in [5.74, 6) is 0.796. The number of methoxy groups -OCH3 is 1. The molecule has 2 N–H and O–H groups in total. The Labute approximate surface area is 93.9 Å². The van der Waals surface area contributed by atoms with E-state index < -0.39 is 5.66 Å². The monoisotopic (exact) mass is 224 g/mol. The molecule has 2 aliphatic rings. The quantitative estimate of drug-likeness (QED) is 0.717. The second kappa shape index (κ2) is 3.44. The van der Waals surface area contributed by atoms with Gasteiger partial charge in [-0.05, 0) is 0 Å². The van der Waals surface area contributed by atoms with Crippen LogP contribution in [0.15, 0.2) is 12.3 Å². The number of fused-ring (bicyclic) bond motifs is 1. The molecule has 88 valence electrons. The van der Waals surface area contributed by atoms with Crippen LogP contribution in [0.4, 0.5) is 0 Å². The summed E-state index contributed by atoms with van der Waals surface area (Å²) in [6.45, 7) is 2.92. The molecule has 1 atom stereocenters. The van der Waals surface area contributed by atoms with Crippen molar-refractivity contribution in [3.8, 4) is 5.88 Å². The summed E-state index contributed by atoms with van der Waals surface area (Å²) in [4.78, 5) is 2.19. The van der Waals surface area contributed by atoms with Crippen molar-refractivity contribution in [2.75, 3.05) is 26.8 Å². The number of hydrogen-bond donors (Lipinski definition) is 1. The van der Waals surface area contributed by atoms with Gasteiger partial charge in [-0.25, -0.2) is 4.68 Å². The van der Waals surface area contributed by atoms with Gasteiger partial charge in [0.05, 0.1) is 18.8 Å². The first kappa shape index (κ1) is 10.1. The van der Waals surface area contributed by atoms with E-state index in [1.54, 1.807) is 13.3 Å². The van der Waals surface area contributed by atoms with Crippen LogP contribution >= 0.6 is 0 Å². The Morgan fingerprint density at radius 2 is 2.44 bits per heavy atom. The van der Waals surface area contributed by atoms with Gasteiger partial charge in [-0.15, -0.1) is 0 Å². The van der Waals surface area contributed by atoms with Gasteiger partial charge in [-0.3, -0.25) is 4.90 Å².